The van der Waals surface area contributed by atoms with Crippen LogP contribution in [0, 0.1) is 0 Å². The molecule has 1 amide bonds. The Kier molecular flexibility index (Phi) is 6.15. The minimum Gasteiger partial charge on any atom is -0.480 e. The van der Waals surface area contributed by atoms with Crippen LogP contribution < -0.4 is 5.32 Å². The van der Waals surface area contributed by atoms with Gasteiger partial charge in [-0.3, -0.25) is 0 Å². The van der Waals surface area contributed by atoms with E-state index in [4.69, 9.17) is 4.74 Å². The number of fused-ring (bicyclic) bond motifs is 3. The van der Waals surface area contributed by atoms with Gasteiger partial charge in [0.2, 0.25) is 0 Å². The maximum absolute atomic E-state index is 12.5. The molecule has 0 heterocycles. The van der Waals surface area contributed by atoms with E-state index >= 15 is 0 Å². The number of alkyl carbamates (subject to hydrolysis) is 1. The van der Waals surface area contributed by atoms with Crippen molar-refractivity contribution in [3.63, 3.8) is 0 Å². The van der Waals surface area contributed by atoms with Crippen LogP contribution in [-0.4, -0.2) is 41.0 Å². The first-order valence-electron chi connectivity index (χ1n) is 10.7. The molecule has 2 aromatic rings. The molecule has 1 unspecified atom stereocenters. The van der Waals surface area contributed by atoms with Crippen LogP contribution >= 0.6 is 0 Å². The maximum Gasteiger partial charge on any atom is 0.407 e. The summed E-state index contributed by atoms with van der Waals surface area (Å²) in [5.74, 6) is -1.22. The van der Waals surface area contributed by atoms with Crippen molar-refractivity contribution < 1.29 is 24.5 Å². The number of hydrogen-bond donors (Lipinski definition) is 3. The lowest BCUT2D eigenvalue weighted by atomic mass is 9.87. The largest absolute Gasteiger partial charge is 0.480 e. The molecule has 6 nitrogen and oxygen atoms in total. The minimum absolute atomic E-state index is 0.0913. The summed E-state index contributed by atoms with van der Waals surface area (Å²) >= 11 is 0. The number of ether oxygens (including phenoxy) is 1. The first kappa shape index (κ1) is 21.8. The van der Waals surface area contributed by atoms with Crippen molar-refractivity contribution in [1.29, 1.82) is 0 Å². The van der Waals surface area contributed by atoms with Gasteiger partial charge in [-0.05, 0) is 53.7 Å². The van der Waals surface area contributed by atoms with Crippen LogP contribution in [0.5, 0.6) is 0 Å². The Morgan fingerprint density at radius 3 is 2.22 bits per heavy atom. The second-order valence-electron chi connectivity index (χ2n) is 8.44. The molecule has 2 atom stereocenters. The average Bonchev–Trinajstić information content (AvgIpc) is 3.07. The number of carboxylic acids is 1. The van der Waals surface area contributed by atoms with Gasteiger partial charge in [0.1, 0.15) is 12.6 Å². The van der Waals surface area contributed by atoms with Gasteiger partial charge in [-0.2, -0.15) is 0 Å². The Morgan fingerprint density at radius 2 is 1.66 bits per heavy atom. The number of carbonyl (C=O) groups excluding carboxylic acids is 1. The normalized spacial score (nSPS) is 18.5. The highest BCUT2D eigenvalue weighted by Gasteiger charge is 2.30. The monoisotopic (exact) mass is 433 g/mol. The lowest BCUT2D eigenvalue weighted by Crippen LogP contribution is -2.42. The fourth-order valence-electron chi connectivity index (χ4n) is 4.74. The summed E-state index contributed by atoms with van der Waals surface area (Å²) in [7, 11) is 0. The molecule has 4 rings (SSSR count). The van der Waals surface area contributed by atoms with Crippen molar-refractivity contribution in [2.45, 2.75) is 44.8 Å². The number of aliphatic hydroxyl groups excluding tert-OH is 1. The molecule has 3 N–H and O–H groups in total. The predicted molar refractivity (Wildman–Crippen MR) is 121 cm³/mol. The summed E-state index contributed by atoms with van der Waals surface area (Å²) in [5, 5.41) is 22.0. The third-order valence-electron chi connectivity index (χ3n) is 6.29. The smallest absolute Gasteiger partial charge is 0.407 e. The van der Waals surface area contributed by atoms with E-state index in [1.165, 1.54) is 0 Å². The van der Waals surface area contributed by atoms with Crippen molar-refractivity contribution >= 4 is 12.1 Å². The van der Waals surface area contributed by atoms with Gasteiger partial charge >= 0.3 is 12.1 Å². The van der Waals surface area contributed by atoms with Gasteiger partial charge in [-0.25, -0.2) is 9.59 Å². The third-order valence-corrected chi connectivity index (χ3v) is 6.29. The van der Waals surface area contributed by atoms with Gasteiger partial charge in [-0.1, -0.05) is 60.2 Å². The van der Waals surface area contributed by atoms with Crippen LogP contribution in [0.4, 0.5) is 4.79 Å². The summed E-state index contributed by atoms with van der Waals surface area (Å²) in [4.78, 5) is 24.3. The van der Waals surface area contributed by atoms with E-state index in [0.29, 0.717) is 6.42 Å². The molecule has 2 aliphatic rings. The summed E-state index contributed by atoms with van der Waals surface area (Å²) in [6.45, 7) is 3.84. The number of carboxylic acid groups (broad SMARTS) is 1. The lowest BCUT2D eigenvalue weighted by Gasteiger charge is -2.24. The molecular weight excluding hydrogens is 406 g/mol. The van der Waals surface area contributed by atoms with Crippen molar-refractivity contribution in [2.24, 2.45) is 0 Å². The molecule has 32 heavy (non-hydrogen) atoms. The van der Waals surface area contributed by atoms with E-state index in [9.17, 15) is 19.8 Å². The Bertz CT molecular complexity index is 1070. The number of aliphatic hydroxyl groups is 1. The molecule has 2 aliphatic carbocycles. The quantitative estimate of drug-likeness (QED) is 0.628. The fraction of sp³-hybridized carbons (Fsp3) is 0.308. The molecule has 0 bridgehead atoms. The van der Waals surface area contributed by atoms with Gasteiger partial charge in [0.15, 0.2) is 0 Å². The zero-order valence-electron chi connectivity index (χ0n) is 18.2. The number of allylic oxidation sites excluding steroid dienone is 1. The van der Waals surface area contributed by atoms with Gasteiger partial charge in [-0.15, -0.1) is 0 Å². The van der Waals surface area contributed by atoms with E-state index in [1.54, 1.807) is 6.08 Å². The van der Waals surface area contributed by atoms with Crippen LogP contribution in [0.15, 0.2) is 71.3 Å². The highest BCUT2D eigenvalue weighted by atomic mass is 16.5. The summed E-state index contributed by atoms with van der Waals surface area (Å²) in [5.41, 5.74) is 7.06. The molecule has 6 heteroatoms. The topological polar surface area (TPSA) is 95.9 Å². The van der Waals surface area contributed by atoms with Crippen LogP contribution in [0.3, 0.4) is 0 Å². The van der Waals surface area contributed by atoms with Crippen molar-refractivity contribution in [2.75, 3.05) is 6.61 Å². The number of benzene rings is 2. The predicted octanol–water partition coefficient (Wildman–Crippen LogP) is 4.40. The standard InChI is InChI=1S/C26H27NO5/c1-15-11-17(28)12-16(2)22(15)13-24(25(29)30)27-26(31)32-14-23-20-9-5-3-7-18(20)19-8-4-6-10-21(19)23/h3-11,17,23-24,28H,12-14H2,1-2H3,(H,27,31)(H,29,30)/t17?,24-/m0/s1. The van der Waals surface area contributed by atoms with Crippen molar-refractivity contribution in [3.05, 3.63) is 82.5 Å². The summed E-state index contributed by atoms with van der Waals surface area (Å²) in [6, 6.07) is 15.0. The van der Waals surface area contributed by atoms with E-state index in [2.05, 4.69) is 17.4 Å². The van der Waals surface area contributed by atoms with E-state index in [0.717, 1.165) is 39.0 Å². The SMILES string of the molecule is CC1=CC(O)CC(C)=C1C[C@H](NC(=O)OCC1c2ccccc2-c2ccccc21)C(=O)O. The Labute approximate surface area is 187 Å². The maximum atomic E-state index is 12.5. The summed E-state index contributed by atoms with van der Waals surface area (Å²) < 4.78 is 5.50. The van der Waals surface area contributed by atoms with E-state index in [-0.39, 0.29) is 18.9 Å². The molecule has 0 saturated heterocycles. The number of aliphatic carboxylic acids is 1. The number of hydrogen-bond acceptors (Lipinski definition) is 4. The van der Waals surface area contributed by atoms with Gasteiger partial charge in [0.05, 0.1) is 6.10 Å². The Hall–Kier alpha value is -3.38. The van der Waals surface area contributed by atoms with Crippen molar-refractivity contribution in [3.8, 4) is 11.1 Å². The first-order valence-corrected chi connectivity index (χ1v) is 10.7. The second kappa shape index (κ2) is 9.01. The zero-order chi connectivity index (χ0) is 22.8. The van der Waals surface area contributed by atoms with E-state index in [1.807, 2.05) is 50.2 Å². The number of rotatable bonds is 6. The van der Waals surface area contributed by atoms with E-state index < -0.39 is 24.2 Å². The molecule has 0 spiro atoms. The van der Waals surface area contributed by atoms with Crippen molar-refractivity contribution in [1.82, 2.24) is 5.32 Å². The fourth-order valence-corrected chi connectivity index (χ4v) is 4.74. The van der Waals surface area contributed by atoms with Crippen LogP contribution in [0.1, 0.15) is 43.7 Å². The molecular formula is C26H27NO5. The highest BCUT2D eigenvalue weighted by Crippen LogP contribution is 2.44. The Balaban J connectivity index is 1.44. The second-order valence-corrected chi connectivity index (χ2v) is 8.44. The van der Waals surface area contributed by atoms with Gasteiger partial charge < -0.3 is 20.3 Å². The number of carbonyl (C=O) groups is 2. The summed E-state index contributed by atoms with van der Waals surface area (Å²) in [6.07, 6.45) is 1.01. The van der Waals surface area contributed by atoms with Crippen LogP contribution in [-0.2, 0) is 9.53 Å². The van der Waals surface area contributed by atoms with Crippen LogP contribution in [0.2, 0.25) is 0 Å². The Morgan fingerprint density at radius 1 is 1.06 bits per heavy atom. The third kappa shape index (κ3) is 4.32. The molecule has 0 fully saturated rings. The molecule has 0 saturated carbocycles. The number of amides is 1. The minimum atomic E-state index is -1.13. The average molecular weight is 434 g/mol. The lowest BCUT2D eigenvalue weighted by molar-refractivity contribution is -0.139. The molecule has 0 aromatic heterocycles. The molecule has 0 radical (unpaired) electrons. The van der Waals surface area contributed by atoms with Gasteiger partial charge in [0.25, 0.3) is 0 Å². The molecule has 166 valence electrons. The van der Waals surface area contributed by atoms with Crippen LogP contribution in [0.25, 0.3) is 11.1 Å². The zero-order valence-corrected chi connectivity index (χ0v) is 18.2. The number of nitrogens with one attached hydrogen (secondary N) is 1. The van der Waals surface area contributed by atoms with Gasteiger partial charge in [0, 0.05) is 12.3 Å². The molecule has 2 aromatic carbocycles. The highest BCUT2D eigenvalue weighted by molar-refractivity contribution is 5.81. The first-order chi connectivity index (χ1) is 15.3. The molecule has 0 aliphatic heterocycles.